The largest absolute Gasteiger partial charge is 0.353 e. The summed E-state index contributed by atoms with van der Waals surface area (Å²) in [6.07, 6.45) is 0.780. The molecule has 0 saturated heterocycles. The van der Waals surface area contributed by atoms with E-state index in [0.717, 1.165) is 22.4 Å². The Bertz CT molecular complexity index is 741. The minimum Gasteiger partial charge on any atom is -0.353 e. The number of carbonyl (C=O) groups excluding carboxylic acids is 1. The van der Waals surface area contributed by atoms with Crippen LogP contribution in [0.3, 0.4) is 0 Å². The topological polar surface area (TPSA) is 32.9 Å². The number of thiophene rings is 1. The molecule has 0 bridgehead atoms. The number of rotatable bonds is 2. The van der Waals surface area contributed by atoms with Crippen LogP contribution in [0.25, 0.3) is 21.5 Å². The lowest BCUT2D eigenvalue weighted by molar-refractivity contribution is 0.112. The summed E-state index contributed by atoms with van der Waals surface area (Å²) in [4.78, 5) is 16.6. The van der Waals surface area contributed by atoms with Crippen LogP contribution in [0.5, 0.6) is 0 Å². The summed E-state index contributed by atoms with van der Waals surface area (Å²) in [7, 11) is 0. The van der Waals surface area contributed by atoms with Crippen molar-refractivity contribution in [2.75, 3.05) is 0 Å². The number of aryl methyl sites for hydroxylation is 1. The molecule has 0 amide bonds. The highest BCUT2D eigenvalue weighted by atomic mass is 32.1. The number of nitrogens with one attached hydrogen (secondary N) is 1. The zero-order chi connectivity index (χ0) is 12.7. The standard InChI is InChI=1S/C14H10FNOS/c1-8-2-5-13(18-8)14-11(7-17)10-6-9(15)3-4-12(10)16-14/h2-7,16H,1H3. The van der Waals surface area contributed by atoms with Crippen LogP contribution in [0.4, 0.5) is 4.39 Å². The van der Waals surface area contributed by atoms with Gasteiger partial charge in [0.05, 0.1) is 10.6 Å². The maximum Gasteiger partial charge on any atom is 0.152 e. The van der Waals surface area contributed by atoms with Gasteiger partial charge in [0.25, 0.3) is 0 Å². The average molecular weight is 259 g/mol. The first-order chi connectivity index (χ1) is 8.69. The molecule has 2 heterocycles. The normalized spacial score (nSPS) is 11.0. The molecule has 0 radical (unpaired) electrons. The van der Waals surface area contributed by atoms with Crippen LogP contribution in [-0.4, -0.2) is 11.3 Å². The van der Waals surface area contributed by atoms with Crippen LogP contribution < -0.4 is 0 Å². The van der Waals surface area contributed by atoms with Crippen LogP contribution in [0.2, 0.25) is 0 Å². The van der Waals surface area contributed by atoms with Crippen molar-refractivity contribution in [1.29, 1.82) is 0 Å². The predicted molar refractivity (Wildman–Crippen MR) is 71.7 cm³/mol. The lowest BCUT2D eigenvalue weighted by Crippen LogP contribution is -1.81. The number of aromatic amines is 1. The monoisotopic (exact) mass is 259 g/mol. The highest BCUT2D eigenvalue weighted by Gasteiger charge is 2.14. The lowest BCUT2D eigenvalue weighted by atomic mass is 10.1. The Balaban J connectivity index is 2.32. The third-order valence-electron chi connectivity index (χ3n) is 2.91. The predicted octanol–water partition coefficient (Wildman–Crippen LogP) is 4.16. The zero-order valence-electron chi connectivity index (χ0n) is 9.66. The Morgan fingerprint density at radius 2 is 2.11 bits per heavy atom. The molecule has 90 valence electrons. The number of aromatic nitrogens is 1. The number of fused-ring (bicyclic) bond motifs is 1. The van der Waals surface area contributed by atoms with E-state index in [9.17, 15) is 9.18 Å². The Kier molecular flexibility index (Phi) is 2.52. The summed E-state index contributed by atoms with van der Waals surface area (Å²) in [6, 6.07) is 8.40. The molecule has 2 nitrogen and oxygen atoms in total. The van der Waals surface area contributed by atoms with Gasteiger partial charge in [0.15, 0.2) is 6.29 Å². The average Bonchev–Trinajstić information content (AvgIpc) is 2.91. The van der Waals surface area contributed by atoms with Crippen LogP contribution >= 0.6 is 11.3 Å². The van der Waals surface area contributed by atoms with Crippen molar-refractivity contribution in [1.82, 2.24) is 4.98 Å². The smallest absolute Gasteiger partial charge is 0.152 e. The van der Waals surface area contributed by atoms with Crippen molar-refractivity contribution < 1.29 is 9.18 Å². The van der Waals surface area contributed by atoms with E-state index in [2.05, 4.69) is 4.98 Å². The molecule has 3 aromatic rings. The second kappa shape index (κ2) is 4.07. The van der Waals surface area contributed by atoms with Gasteiger partial charge in [-0.3, -0.25) is 4.79 Å². The van der Waals surface area contributed by atoms with Crippen LogP contribution in [-0.2, 0) is 0 Å². The van der Waals surface area contributed by atoms with Crippen LogP contribution in [0, 0.1) is 12.7 Å². The molecule has 0 aliphatic rings. The second-order valence-corrected chi connectivity index (χ2v) is 5.42. The molecule has 0 spiro atoms. The molecule has 3 rings (SSSR count). The molecule has 0 atom stereocenters. The fourth-order valence-electron chi connectivity index (χ4n) is 2.07. The Morgan fingerprint density at radius 3 is 2.78 bits per heavy atom. The molecule has 0 fully saturated rings. The Morgan fingerprint density at radius 1 is 1.28 bits per heavy atom. The van der Waals surface area contributed by atoms with E-state index in [4.69, 9.17) is 0 Å². The maximum atomic E-state index is 13.2. The number of benzene rings is 1. The highest BCUT2D eigenvalue weighted by molar-refractivity contribution is 7.15. The lowest BCUT2D eigenvalue weighted by Gasteiger charge is -1.94. The summed E-state index contributed by atoms with van der Waals surface area (Å²) in [6.45, 7) is 2.01. The molecular formula is C14H10FNOS. The molecule has 0 aliphatic carbocycles. The fraction of sp³-hybridized carbons (Fsp3) is 0.0714. The van der Waals surface area contributed by atoms with Gasteiger partial charge >= 0.3 is 0 Å². The summed E-state index contributed by atoms with van der Waals surface area (Å²) in [5.74, 6) is -0.335. The molecule has 1 N–H and O–H groups in total. The molecule has 0 saturated carbocycles. The number of hydrogen-bond donors (Lipinski definition) is 1. The minimum absolute atomic E-state index is 0.335. The van der Waals surface area contributed by atoms with E-state index in [1.165, 1.54) is 17.0 Å². The summed E-state index contributed by atoms with van der Waals surface area (Å²) in [5.41, 5.74) is 2.06. The van der Waals surface area contributed by atoms with Gasteiger partial charge in [0.2, 0.25) is 0 Å². The van der Waals surface area contributed by atoms with Crippen molar-refractivity contribution in [2.24, 2.45) is 0 Å². The number of hydrogen-bond acceptors (Lipinski definition) is 2. The van der Waals surface area contributed by atoms with Crippen molar-refractivity contribution in [3.8, 4) is 10.6 Å². The van der Waals surface area contributed by atoms with Gasteiger partial charge in [-0.1, -0.05) is 0 Å². The zero-order valence-corrected chi connectivity index (χ0v) is 10.5. The number of aldehydes is 1. The van der Waals surface area contributed by atoms with E-state index in [0.29, 0.717) is 10.9 Å². The van der Waals surface area contributed by atoms with E-state index < -0.39 is 0 Å². The molecule has 18 heavy (non-hydrogen) atoms. The van der Waals surface area contributed by atoms with Crippen molar-refractivity contribution in [3.05, 3.63) is 46.6 Å². The van der Waals surface area contributed by atoms with Gasteiger partial charge in [-0.15, -0.1) is 11.3 Å². The first-order valence-corrected chi connectivity index (χ1v) is 6.34. The van der Waals surface area contributed by atoms with Gasteiger partial charge in [0.1, 0.15) is 5.82 Å². The van der Waals surface area contributed by atoms with E-state index in [1.54, 1.807) is 17.4 Å². The number of H-pyrrole nitrogens is 1. The first-order valence-electron chi connectivity index (χ1n) is 5.52. The maximum absolute atomic E-state index is 13.2. The quantitative estimate of drug-likeness (QED) is 0.689. The van der Waals surface area contributed by atoms with E-state index in [1.807, 2.05) is 19.1 Å². The van der Waals surface area contributed by atoms with Gasteiger partial charge in [-0.2, -0.15) is 0 Å². The SMILES string of the molecule is Cc1ccc(-c2[nH]c3ccc(F)cc3c2C=O)s1. The molecule has 0 aliphatic heterocycles. The second-order valence-electron chi connectivity index (χ2n) is 4.13. The molecule has 1 aromatic carbocycles. The van der Waals surface area contributed by atoms with E-state index >= 15 is 0 Å². The minimum atomic E-state index is -0.335. The Labute approximate surface area is 107 Å². The third kappa shape index (κ3) is 1.66. The summed E-state index contributed by atoms with van der Waals surface area (Å²) in [5, 5.41) is 0.631. The van der Waals surface area contributed by atoms with Crippen molar-refractivity contribution in [3.63, 3.8) is 0 Å². The molecule has 2 aromatic heterocycles. The molecule has 4 heteroatoms. The summed E-state index contributed by atoms with van der Waals surface area (Å²) >= 11 is 1.61. The van der Waals surface area contributed by atoms with Crippen LogP contribution in [0.15, 0.2) is 30.3 Å². The fourth-order valence-corrected chi connectivity index (χ4v) is 2.95. The van der Waals surface area contributed by atoms with Crippen molar-refractivity contribution >= 4 is 28.5 Å². The number of carbonyl (C=O) groups is 1. The van der Waals surface area contributed by atoms with Gasteiger partial charge < -0.3 is 4.98 Å². The third-order valence-corrected chi connectivity index (χ3v) is 3.92. The Hall–Kier alpha value is -1.94. The van der Waals surface area contributed by atoms with E-state index in [-0.39, 0.29) is 5.82 Å². The first kappa shape index (κ1) is 11.2. The van der Waals surface area contributed by atoms with Gasteiger partial charge in [-0.05, 0) is 37.3 Å². The van der Waals surface area contributed by atoms with Crippen molar-refractivity contribution in [2.45, 2.75) is 6.92 Å². The summed E-state index contributed by atoms with van der Waals surface area (Å²) < 4.78 is 13.2. The van der Waals surface area contributed by atoms with Gasteiger partial charge in [0, 0.05) is 21.3 Å². The molecule has 0 unspecified atom stereocenters. The molecular weight excluding hydrogens is 249 g/mol. The van der Waals surface area contributed by atoms with Crippen LogP contribution in [0.1, 0.15) is 15.2 Å². The number of halogens is 1. The van der Waals surface area contributed by atoms with Gasteiger partial charge in [-0.25, -0.2) is 4.39 Å². The highest BCUT2D eigenvalue weighted by Crippen LogP contribution is 2.33.